The van der Waals surface area contributed by atoms with Crippen molar-refractivity contribution in [2.24, 2.45) is 5.73 Å². The van der Waals surface area contributed by atoms with Crippen LogP contribution >= 0.6 is 0 Å². The van der Waals surface area contributed by atoms with Crippen LogP contribution in [0.4, 0.5) is 4.39 Å². The van der Waals surface area contributed by atoms with Crippen LogP contribution < -0.4 is 10.5 Å². The molecule has 0 amide bonds. The molecule has 3 nitrogen and oxygen atoms in total. The molecular weight excluding hydrogens is 197 g/mol. The summed E-state index contributed by atoms with van der Waals surface area (Å²) in [5.74, 6) is 0.176. The van der Waals surface area contributed by atoms with Gasteiger partial charge in [-0.1, -0.05) is 0 Å². The number of benzene rings is 1. The number of hydrogen-bond acceptors (Lipinski definition) is 3. The fourth-order valence-electron chi connectivity index (χ4n) is 1.49. The smallest absolute Gasteiger partial charge is 0.124 e. The van der Waals surface area contributed by atoms with E-state index in [0.29, 0.717) is 17.7 Å². The first-order chi connectivity index (χ1) is 7.01. The zero-order chi connectivity index (χ0) is 11.5. The van der Waals surface area contributed by atoms with Gasteiger partial charge in [-0.15, -0.1) is 0 Å². The van der Waals surface area contributed by atoms with Crippen molar-refractivity contribution in [1.82, 2.24) is 0 Å². The Hall–Kier alpha value is -1.13. The summed E-state index contributed by atoms with van der Waals surface area (Å²) < 4.78 is 18.2. The first kappa shape index (κ1) is 11.9. The van der Waals surface area contributed by atoms with Crippen molar-refractivity contribution in [3.63, 3.8) is 0 Å². The highest BCUT2D eigenvalue weighted by atomic mass is 19.1. The molecule has 1 atom stereocenters. The molecule has 15 heavy (non-hydrogen) atoms. The Morgan fingerprint density at radius 2 is 2.20 bits per heavy atom. The van der Waals surface area contributed by atoms with Crippen molar-refractivity contribution in [2.45, 2.75) is 18.9 Å². The second kappa shape index (κ2) is 4.59. The third-order valence-electron chi connectivity index (χ3n) is 2.41. The molecule has 84 valence electrons. The van der Waals surface area contributed by atoms with Crippen LogP contribution in [0.3, 0.4) is 0 Å². The van der Waals surface area contributed by atoms with Gasteiger partial charge >= 0.3 is 0 Å². The molecule has 0 aliphatic heterocycles. The molecule has 4 heteroatoms. The van der Waals surface area contributed by atoms with Gasteiger partial charge < -0.3 is 15.6 Å². The third kappa shape index (κ3) is 2.67. The van der Waals surface area contributed by atoms with Crippen LogP contribution in [0.15, 0.2) is 18.2 Å². The zero-order valence-electron chi connectivity index (χ0n) is 8.96. The van der Waals surface area contributed by atoms with E-state index in [1.54, 1.807) is 6.92 Å². The number of nitrogens with two attached hydrogens (primary N) is 1. The highest BCUT2D eigenvalue weighted by Crippen LogP contribution is 2.30. The molecule has 0 radical (unpaired) electrons. The molecule has 0 bridgehead atoms. The second-order valence-electron chi connectivity index (χ2n) is 3.74. The second-order valence-corrected chi connectivity index (χ2v) is 3.74. The van der Waals surface area contributed by atoms with Gasteiger partial charge in [-0.05, 0) is 31.5 Å². The summed E-state index contributed by atoms with van der Waals surface area (Å²) in [6.45, 7) is 1.69. The van der Waals surface area contributed by atoms with Gasteiger partial charge in [-0.2, -0.15) is 0 Å². The van der Waals surface area contributed by atoms with E-state index in [0.717, 1.165) is 0 Å². The van der Waals surface area contributed by atoms with Crippen LogP contribution in [0.1, 0.15) is 18.9 Å². The molecule has 0 aliphatic rings. The molecule has 3 N–H and O–H groups in total. The molecule has 0 saturated carbocycles. The van der Waals surface area contributed by atoms with E-state index in [-0.39, 0.29) is 12.4 Å². The monoisotopic (exact) mass is 213 g/mol. The van der Waals surface area contributed by atoms with E-state index >= 15 is 0 Å². The molecule has 0 fully saturated rings. The van der Waals surface area contributed by atoms with Gasteiger partial charge in [0.2, 0.25) is 0 Å². The SMILES string of the molecule is COc1ccc(F)cc1C(C)(N)CCO. The Morgan fingerprint density at radius 3 is 2.73 bits per heavy atom. The van der Waals surface area contributed by atoms with Crippen molar-refractivity contribution in [2.75, 3.05) is 13.7 Å². The fourth-order valence-corrected chi connectivity index (χ4v) is 1.49. The molecule has 1 aromatic rings. The first-order valence-corrected chi connectivity index (χ1v) is 4.75. The molecule has 0 spiro atoms. The standard InChI is InChI=1S/C11H16FNO2/c1-11(13,5-6-14)9-7-8(12)3-4-10(9)15-2/h3-4,7,14H,5-6,13H2,1-2H3. The van der Waals surface area contributed by atoms with Crippen LogP contribution in [0.2, 0.25) is 0 Å². The summed E-state index contributed by atoms with van der Waals surface area (Å²) in [6, 6.07) is 4.19. The van der Waals surface area contributed by atoms with Crippen molar-refractivity contribution < 1.29 is 14.2 Å². The Kier molecular flexibility index (Phi) is 3.66. The molecule has 0 aliphatic carbocycles. The lowest BCUT2D eigenvalue weighted by Gasteiger charge is -2.26. The molecule has 1 unspecified atom stereocenters. The number of methoxy groups -OCH3 is 1. The maximum atomic E-state index is 13.1. The Balaban J connectivity index is 3.15. The minimum Gasteiger partial charge on any atom is -0.496 e. The summed E-state index contributed by atoms with van der Waals surface area (Å²) in [5, 5.41) is 8.88. The molecule has 0 aromatic heterocycles. The summed E-state index contributed by atoms with van der Waals surface area (Å²) in [4.78, 5) is 0. The first-order valence-electron chi connectivity index (χ1n) is 4.75. The van der Waals surface area contributed by atoms with E-state index in [1.165, 1.54) is 25.3 Å². The minimum absolute atomic E-state index is 0.0489. The van der Waals surface area contributed by atoms with Gasteiger partial charge in [0.15, 0.2) is 0 Å². The number of aliphatic hydroxyl groups excluding tert-OH is 1. The van der Waals surface area contributed by atoms with E-state index in [4.69, 9.17) is 15.6 Å². The van der Waals surface area contributed by atoms with Gasteiger partial charge in [0.25, 0.3) is 0 Å². The summed E-state index contributed by atoms with van der Waals surface area (Å²) >= 11 is 0. The van der Waals surface area contributed by atoms with Gasteiger partial charge in [0.05, 0.1) is 7.11 Å². The lowest BCUT2D eigenvalue weighted by molar-refractivity contribution is 0.244. The van der Waals surface area contributed by atoms with E-state index < -0.39 is 5.54 Å². The van der Waals surface area contributed by atoms with Crippen molar-refractivity contribution in [3.8, 4) is 5.75 Å². The van der Waals surface area contributed by atoms with Gasteiger partial charge in [-0.25, -0.2) is 4.39 Å². The Morgan fingerprint density at radius 1 is 1.53 bits per heavy atom. The molecular formula is C11H16FNO2. The maximum Gasteiger partial charge on any atom is 0.124 e. The van der Waals surface area contributed by atoms with Gasteiger partial charge in [-0.3, -0.25) is 0 Å². The largest absolute Gasteiger partial charge is 0.496 e. The normalized spacial score (nSPS) is 14.7. The average Bonchev–Trinajstić information content (AvgIpc) is 2.17. The summed E-state index contributed by atoms with van der Waals surface area (Å²) in [7, 11) is 1.51. The van der Waals surface area contributed by atoms with Crippen LogP contribution in [0.25, 0.3) is 0 Å². The van der Waals surface area contributed by atoms with E-state index in [1.807, 2.05) is 0 Å². The molecule has 0 saturated heterocycles. The van der Waals surface area contributed by atoms with Crippen LogP contribution in [0, 0.1) is 5.82 Å². The van der Waals surface area contributed by atoms with Crippen LogP contribution in [0.5, 0.6) is 5.75 Å². The number of ether oxygens (including phenoxy) is 1. The Labute approximate surface area is 88.7 Å². The molecule has 0 heterocycles. The van der Waals surface area contributed by atoms with Crippen LogP contribution in [-0.2, 0) is 5.54 Å². The number of rotatable bonds is 4. The number of halogens is 1. The highest BCUT2D eigenvalue weighted by Gasteiger charge is 2.24. The van der Waals surface area contributed by atoms with Crippen molar-refractivity contribution in [3.05, 3.63) is 29.6 Å². The van der Waals surface area contributed by atoms with Gasteiger partial charge in [0, 0.05) is 17.7 Å². The predicted molar refractivity (Wildman–Crippen MR) is 56.2 cm³/mol. The quantitative estimate of drug-likeness (QED) is 0.794. The highest BCUT2D eigenvalue weighted by molar-refractivity contribution is 5.39. The summed E-state index contributed by atoms with van der Waals surface area (Å²) in [6.07, 6.45) is 0.354. The van der Waals surface area contributed by atoms with Crippen molar-refractivity contribution >= 4 is 0 Å². The van der Waals surface area contributed by atoms with E-state index in [9.17, 15) is 4.39 Å². The topological polar surface area (TPSA) is 55.5 Å². The van der Waals surface area contributed by atoms with Crippen molar-refractivity contribution in [1.29, 1.82) is 0 Å². The van der Waals surface area contributed by atoms with E-state index in [2.05, 4.69) is 0 Å². The number of aliphatic hydroxyl groups is 1. The summed E-state index contributed by atoms with van der Waals surface area (Å²) in [5.41, 5.74) is 5.77. The third-order valence-corrected chi connectivity index (χ3v) is 2.41. The lowest BCUT2D eigenvalue weighted by atomic mass is 9.89. The molecule has 1 rings (SSSR count). The lowest BCUT2D eigenvalue weighted by Crippen LogP contribution is -2.34. The molecule has 1 aromatic carbocycles. The average molecular weight is 213 g/mol. The zero-order valence-corrected chi connectivity index (χ0v) is 8.96. The fraction of sp³-hybridized carbons (Fsp3) is 0.455. The predicted octanol–water partition coefficient (Wildman–Crippen LogP) is 1.39. The maximum absolute atomic E-state index is 13.1. The minimum atomic E-state index is -0.789. The van der Waals surface area contributed by atoms with Crippen LogP contribution in [-0.4, -0.2) is 18.8 Å². The van der Waals surface area contributed by atoms with Gasteiger partial charge in [0.1, 0.15) is 11.6 Å². The number of hydrogen-bond donors (Lipinski definition) is 2. The Bertz CT molecular complexity index is 339.